The fourth-order valence-corrected chi connectivity index (χ4v) is 2.18. The van der Waals surface area contributed by atoms with Gasteiger partial charge >= 0.3 is 11.8 Å². The summed E-state index contributed by atoms with van der Waals surface area (Å²) in [6.45, 7) is 0.153. The summed E-state index contributed by atoms with van der Waals surface area (Å²) in [7, 11) is 1.31. The number of nitrogens with one attached hydrogen (secondary N) is 1. The Hall–Kier alpha value is -3.24. The largest absolute Gasteiger partial charge is 0.490 e. The summed E-state index contributed by atoms with van der Waals surface area (Å²) in [5.74, 6) is 5.39. The fraction of sp³-hybridized carbons (Fsp3) is 0.167. The van der Waals surface area contributed by atoms with Gasteiger partial charge in [-0.1, -0.05) is 53.8 Å². The molecule has 134 valence electrons. The van der Waals surface area contributed by atoms with Crippen molar-refractivity contribution in [3.8, 4) is 17.6 Å². The first-order valence-corrected chi connectivity index (χ1v) is 7.84. The van der Waals surface area contributed by atoms with Crippen molar-refractivity contribution in [1.82, 2.24) is 5.32 Å². The highest BCUT2D eigenvalue weighted by atomic mass is 35.5. The monoisotopic (exact) mass is 374 g/mol. The number of hydrogen-bond donors (Lipinski definition) is 1. The fourth-order valence-electron chi connectivity index (χ4n) is 1.98. The van der Waals surface area contributed by atoms with Crippen LogP contribution in [0.15, 0.2) is 42.5 Å². The molecule has 0 aliphatic heterocycles. The molecule has 0 radical (unpaired) electrons. The van der Waals surface area contributed by atoms with Crippen LogP contribution < -0.4 is 10.1 Å². The standard InChI is InChI=1S/C18H15ClN2O5/c1-25-17-11-15(19)14(10-16(17)21(23)24)8-5-9-20-18(22)26-12-13-6-3-2-4-7-13/h2-4,6-7,10-11H,9,12H2,1H3,(H,20,22). The molecular weight excluding hydrogens is 360 g/mol. The van der Waals surface area contributed by atoms with Gasteiger partial charge in [0.2, 0.25) is 0 Å². The molecule has 0 unspecified atom stereocenters. The molecular formula is C18H15ClN2O5. The Morgan fingerprint density at radius 3 is 2.69 bits per heavy atom. The Morgan fingerprint density at radius 1 is 1.31 bits per heavy atom. The first-order chi connectivity index (χ1) is 12.5. The van der Waals surface area contributed by atoms with E-state index in [0.29, 0.717) is 0 Å². The van der Waals surface area contributed by atoms with E-state index in [1.54, 1.807) is 0 Å². The molecule has 2 rings (SSSR count). The lowest BCUT2D eigenvalue weighted by molar-refractivity contribution is -0.385. The molecule has 0 fully saturated rings. The zero-order valence-corrected chi connectivity index (χ0v) is 14.6. The maximum atomic E-state index is 11.6. The molecule has 2 aromatic carbocycles. The predicted molar refractivity (Wildman–Crippen MR) is 96.2 cm³/mol. The van der Waals surface area contributed by atoms with Crippen LogP contribution in [-0.4, -0.2) is 24.7 Å². The molecule has 0 spiro atoms. The van der Waals surface area contributed by atoms with Crippen molar-refractivity contribution in [1.29, 1.82) is 0 Å². The van der Waals surface area contributed by atoms with Crippen molar-refractivity contribution in [2.45, 2.75) is 6.61 Å². The quantitative estimate of drug-likeness (QED) is 0.491. The number of benzene rings is 2. The number of nitro benzene ring substituents is 1. The number of rotatable bonds is 5. The second-order valence-corrected chi connectivity index (χ2v) is 5.39. The normalized spacial score (nSPS) is 9.62. The third-order valence-corrected chi connectivity index (χ3v) is 3.53. The Bertz CT molecular complexity index is 859. The lowest BCUT2D eigenvalue weighted by Crippen LogP contribution is -2.24. The number of nitrogens with zero attached hydrogens (tertiary/aromatic N) is 1. The summed E-state index contributed by atoms with van der Waals surface area (Å²) >= 11 is 6.03. The Balaban J connectivity index is 1.92. The van der Waals surface area contributed by atoms with Gasteiger partial charge in [0.05, 0.1) is 29.2 Å². The number of hydrogen-bond acceptors (Lipinski definition) is 5. The van der Waals surface area contributed by atoms with Gasteiger partial charge in [-0.25, -0.2) is 4.79 Å². The molecule has 1 amide bonds. The smallest absolute Gasteiger partial charge is 0.408 e. The van der Waals surface area contributed by atoms with Gasteiger partial charge in [0.15, 0.2) is 5.75 Å². The van der Waals surface area contributed by atoms with E-state index in [1.165, 1.54) is 19.2 Å². The summed E-state index contributed by atoms with van der Waals surface area (Å²) < 4.78 is 9.95. The minimum absolute atomic E-state index is 0.00375. The number of halogens is 1. The molecule has 0 aliphatic rings. The molecule has 0 atom stereocenters. The summed E-state index contributed by atoms with van der Waals surface area (Å²) in [6, 6.07) is 11.8. The van der Waals surface area contributed by atoms with Crippen molar-refractivity contribution in [3.63, 3.8) is 0 Å². The molecule has 0 aliphatic carbocycles. The van der Waals surface area contributed by atoms with Gasteiger partial charge in [-0.15, -0.1) is 0 Å². The van der Waals surface area contributed by atoms with Crippen molar-refractivity contribution in [2.24, 2.45) is 0 Å². The summed E-state index contributed by atoms with van der Waals surface area (Å²) in [6.07, 6.45) is -0.616. The van der Waals surface area contributed by atoms with E-state index in [0.717, 1.165) is 5.56 Å². The summed E-state index contributed by atoms with van der Waals surface area (Å²) in [4.78, 5) is 22.0. The molecule has 0 aromatic heterocycles. The van der Waals surface area contributed by atoms with Crippen LogP contribution in [0.5, 0.6) is 5.75 Å². The van der Waals surface area contributed by atoms with Gasteiger partial charge in [-0.2, -0.15) is 0 Å². The Labute approximate surface area is 155 Å². The van der Waals surface area contributed by atoms with Crippen LogP contribution in [-0.2, 0) is 11.3 Å². The number of nitro groups is 1. The highest BCUT2D eigenvalue weighted by molar-refractivity contribution is 6.32. The zero-order chi connectivity index (χ0) is 18.9. The number of ether oxygens (including phenoxy) is 2. The second-order valence-electron chi connectivity index (χ2n) is 4.98. The average Bonchev–Trinajstić information content (AvgIpc) is 2.64. The molecule has 26 heavy (non-hydrogen) atoms. The van der Waals surface area contributed by atoms with E-state index in [9.17, 15) is 14.9 Å². The number of carbonyl (C=O) groups is 1. The highest BCUT2D eigenvalue weighted by Crippen LogP contribution is 2.32. The predicted octanol–water partition coefficient (Wildman–Crippen LogP) is 3.53. The maximum absolute atomic E-state index is 11.6. The number of alkyl carbamates (subject to hydrolysis) is 1. The molecule has 0 bridgehead atoms. The van der Waals surface area contributed by atoms with E-state index in [1.807, 2.05) is 30.3 Å². The van der Waals surface area contributed by atoms with E-state index in [2.05, 4.69) is 17.2 Å². The molecule has 0 saturated heterocycles. The third-order valence-electron chi connectivity index (χ3n) is 3.22. The molecule has 7 nitrogen and oxygen atoms in total. The van der Waals surface area contributed by atoms with Gasteiger partial charge in [0, 0.05) is 12.1 Å². The van der Waals surface area contributed by atoms with E-state index in [4.69, 9.17) is 21.1 Å². The maximum Gasteiger partial charge on any atom is 0.408 e. The number of amides is 1. The number of carbonyl (C=O) groups excluding carboxylic acids is 1. The topological polar surface area (TPSA) is 90.7 Å². The summed E-state index contributed by atoms with van der Waals surface area (Å²) in [5, 5.41) is 13.7. The first kappa shape index (κ1) is 19.1. The third kappa shape index (κ3) is 5.40. The Kier molecular flexibility index (Phi) is 6.83. The van der Waals surface area contributed by atoms with Crippen molar-refractivity contribution >= 4 is 23.4 Å². The van der Waals surface area contributed by atoms with Gasteiger partial charge in [-0.05, 0) is 5.56 Å². The average molecular weight is 375 g/mol. The van der Waals surface area contributed by atoms with Crippen LogP contribution in [0.1, 0.15) is 11.1 Å². The van der Waals surface area contributed by atoms with Crippen LogP contribution in [0.2, 0.25) is 5.02 Å². The Morgan fingerprint density at radius 2 is 2.04 bits per heavy atom. The SMILES string of the molecule is COc1cc(Cl)c(C#CCNC(=O)OCc2ccccc2)cc1[N+](=O)[O-]. The highest BCUT2D eigenvalue weighted by Gasteiger charge is 2.17. The first-order valence-electron chi connectivity index (χ1n) is 7.46. The molecule has 0 heterocycles. The van der Waals surface area contributed by atoms with E-state index in [-0.39, 0.29) is 35.2 Å². The van der Waals surface area contributed by atoms with Gasteiger partial charge < -0.3 is 14.8 Å². The lowest BCUT2D eigenvalue weighted by Gasteiger charge is -2.05. The number of methoxy groups -OCH3 is 1. The minimum Gasteiger partial charge on any atom is -0.490 e. The molecule has 1 N–H and O–H groups in total. The van der Waals surface area contributed by atoms with Crippen LogP contribution >= 0.6 is 11.6 Å². The van der Waals surface area contributed by atoms with Crippen molar-refractivity contribution in [3.05, 3.63) is 68.7 Å². The van der Waals surface area contributed by atoms with Crippen LogP contribution in [0.3, 0.4) is 0 Å². The minimum atomic E-state index is -0.616. The van der Waals surface area contributed by atoms with E-state index >= 15 is 0 Å². The van der Waals surface area contributed by atoms with Crippen LogP contribution in [0, 0.1) is 22.0 Å². The van der Waals surface area contributed by atoms with Gasteiger partial charge in [0.1, 0.15) is 6.61 Å². The van der Waals surface area contributed by atoms with Crippen molar-refractivity contribution < 1.29 is 19.2 Å². The van der Waals surface area contributed by atoms with Gasteiger partial charge in [0.25, 0.3) is 0 Å². The summed E-state index contributed by atoms with van der Waals surface area (Å²) in [5.41, 5.74) is 0.890. The molecule has 2 aromatic rings. The van der Waals surface area contributed by atoms with Crippen molar-refractivity contribution in [2.75, 3.05) is 13.7 Å². The lowest BCUT2D eigenvalue weighted by atomic mass is 10.2. The van der Waals surface area contributed by atoms with Gasteiger partial charge in [-0.3, -0.25) is 10.1 Å². The zero-order valence-electron chi connectivity index (χ0n) is 13.8. The molecule has 0 saturated carbocycles. The van der Waals surface area contributed by atoms with Crippen LogP contribution in [0.25, 0.3) is 0 Å². The molecule has 8 heteroatoms. The van der Waals surface area contributed by atoms with Crippen LogP contribution in [0.4, 0.5) is 10.5 Å². The van der Waals surface area contributed by atoms with E-state index < -0.39 is 11.0 Å². The second kappa shape index (κ2) is 9.30.